The molecular weight excluding hydrogens is 248 g/mol. The predicted molar refractivity (Wildman–Crippen MR) is 83.5 cm³/mol. The molecule has 0 heterocycles. The maximum absolute atomic E-state index is 9.19. The second kappa shape index (κ2) is 8.64. The van der Waals surface area contributed by atoms with Crippen LogP contribution < -0.4 is 5.32 Å². The van der Waals surface area contributed by atoms with Crippen molar-refractivity contribution in [1.29, 1.82) is 5.26 Å². The van der Waals surface area contributed by atoms with E-state index in [2.05, 4.69) is 25.2 Å². The first-order valence-corrected chi connectivity index (χ1v) is 8.27. The highest BCUT2D eigenvalue weighted by Gasteiger charge is 2.24. The lowest BCUT2D eigenvalue weighted by Gasteiger charge is -2.31. The van der Waals surface area contributed by atoms with Crippen LogP contribution in [0.2, 0.25) is 0 Å². The number of rotatable bonds is 8. The molecule has 1 aliphatic carbocycles. The fourth-order valence-electron chi connectivity index (χ4n) is 3.41. The molecule has 1 aliphatic rings. The molecule has 1 rings (SSSR count). The molecule has 1 saturated carbocycles. The SMILES string of the molecule is CCNC(C)(C#N)CCCCOC1CC(C)CC(C)C1. The van der Waals surface area contributed by atoms with Crippen molar-refractivity contribution in [2.24, 2.45) is 11.8 Å². The zero-order valence-electron chi connectivity index (χ0n) is 13.7. The van der Waals surface area contributed by atoms with E-state index in [0.29, 0.717) is 6.10 Å². The fourth-order valence-corrected chi connectivity index (χ4v) is 3.41. The highest BCUT2D eigenvalue weighted by atomic mass is 16.5. The Morgan fingerprint density at radius 2 is 1.85 bits per heavy atom. The van der Waals surface area contributed by atoms with Gasteiger partial charge in [0.15, 0.2) is 0 Å². The number of ether oxygens (including phenoxy) is 1. The molecule has 3 heteroatoms. The van der Waals surface area contributed by atoms with Gasteiger partial charge in [-0.2, -0.15) is 5.26 Å². The van der Waals surface area contributed by atoms with Crippen LogP contribution >= 0.6 is 0 Å². The summed E-state index contributed by atoms with van der Waals surface area (Å²) in [6.07, 6.45) is 7.26. The molecule has 0 amide bonds. The zero-order valence-corrected chi connectivity index (χ0v) is 13.7. The first kappa shape index (κ1) is 17.5. The quantitative estimate of drug-likeness (QED) is 0.686. The Labute approximate surface area is 125 Å². The van der Waals surface area contributed by atoms with Gasteiger partial charge in [0.1, 0.15) is 5.54 Å². The minimum atomic E-state index is -0.372. The topological polar surface area (TPSA) is 45.0 Å². The van der Waals surface area contributed by atoms with Gasteiger partial charge in [0, 0.05) is 6.61 Å². The first-order chi connectivity index (χ1) is 9.49. The lowest BCUT2D eigenvalue weighted by atomic mass is 9.82. The Morgan fingerprint density at radius 3 is 2.40 bits per heavy atom. The summed E-state index contributed by atoms with van der Waals surface area (Å²) in [6.45, 7) is 10.4. The smallest absolute Gasteiger partial charge is 0.103 e. The minimum absolute atomic E-state index is 0.372. The van der Waals surface area contributed by atoms with E-state index in [-0.39, 0.29) is 5.54 Å². The Balaban J connectivity index is 2.14. The molecule has 0 spiro atoms. The van der Waals surface area contributed by atoms with Crippen LogP contribution in [0.25, 0.3) is 0 Å². The van der Waals surface area contributed by atoms with Crippen LogP contribution in [-0.4, -0.2) is 24.8 Å². The average Bonchev–Trinajstić information content (AvgIpc) is 2.37. The monoisotopic (exact) mass is 280 g/mol. The predicted octanol–water partition coefficient (Wildman–Crippen LogP) is 3.89. The Hall–Kier alpha value is -0.590. The molecule has 1 N–H and O–H groups in total. The van der Waals surface area contributed by atoms with E-state index in [0.717, 1.165) is 44.2 Å². The van der Waals surface area contributed by atoms with E-state index >= 15 is 0 Å². The number of hydrogen-bond donors (Lipinski definition) is 1. The van der Waals surface area contributed by atoms with Gasteiger partial charge in [0.2, 0.25) is 0 Å². The third-order valence-corrected chi connectivity index (χ3v) is 4.37. The van der Waals surface area contributed by atoms with Gasteiger partial charge in [-0.05, 0) is 63.8 Å². The fraction of sp³-hybridized carbons (Fsp3) is 0.941. The maximum atomic E-state index is 9.19. The molecule has 116 valence electrons. The van der Waals surface area contributed by atoms with Crippen molar-refractivity contribution in [3.63, 3.8) is 0 Å². The van der Waals surface area contributed by atoms with Crippen molar-refractivity contribution in [3.05, 3.63) is 0 Å². The molecule has 3 unspecified atom stereocenters. The van der Waals surface area contributed by atoms with Crippen molar-refractivity contribution in [3.8, 4) is 6.07 Å². The molecule has 0 aromatic rings. The van der Waals surface area contributed by atoms with Crippen LogP contribution in [-0.2, 0) is 4.74 Å². The summed E-state index contributed by atoms with van der Waals surface area (Å²) in [5.74, 6) is 1.61. The maximum Gasteiger partial charge on any atom is 0.103 e. The number of hydrogen-bond acceptors (Lipinski definition) is 3. The van der Waals surface area contributed by atoms with Gasteiger partial charge in [-0.25, -0.2) is 0 Å². The lowest BCUT2D eigenvalue weighted by Crippen LogP contribution is -2.40. The normalized spacial score (nSPS) is 29.6. The highest BCUT2D eigenvalue weighted by molar-refractivity contribution is 5.03. The Bertz CT molecular complexity index is 303. The number of nitrogens with zero attached hydrogens (tertiary/aromatic N) is 1. The first-order valence-electron chi connectivity index (χ1n) is 8.27. The van der Waals surface area contributed by atoms with Crippen molar-refractivity contribution in [2.45, 2.75) is 77.9 Å². The Kier molecular flexibility index (Phi) is 7.55. The highest BCUT2D eigenvalue weighted by Crippen LogP contribution is 2.30. The van der Waals surface area contributed by atoms with E-state index in [1.54, 1.807) is 0 Å². The summed E-state index contributed by atoms with van der Waals surface area (Å²) in [6, 6.07) is 2.38. The Morgan fingerprint density at radius 1 is 1.20 bits per heavy atom. The van der Waals surface area contributed by atoms with Crippen LogP contribution in [0.3, 0.4) is 0 Å². The van der Waals surface area contributed by atoms with Gasteiger partial charge in [-0.15, -0.1) is 0 Å². The summed E-state index contributed by atoms with van der Waals surface area (Å²) >= 11 is 0. The summed E-state index contributed by atoms with van der Waals surface area (Å²) < 4.78 is 6.03. The van der Waals surface area contributed by atoms with E-state index in [4.69, 9.17) is 4.74 Å². The minimum Gasteiger partial charge on any atom is -0.378 e. The third-order valence-electron chi connectivity index (χ3n) is 4.37. The summed E-state index contributed by atoms with van der Waals surface area (Å²) in [4.78, 5) is 0. The molecule has 0 bridgehead atoms. The van der Waals surface area contributed by atoms with E-state index < -0.39 is 0 Å². The molecule has 3 atom stereocenters. The molecular formula is C17H32N2O. The van der Waals surface area contributed by atoms with Gasteiger partial charge in [0.05, 0.1) is 12.2 Å². The van der Waals surface area contributed by atoms with Crippen LogP contribution in [0, 0.1) is 23.2 Å². The standard InChI is InChI=1S/C17H32N2O/c1-5-19-17(4,13-18)8-6-7-9-20-16-11-14(2)10-15(3)12-16/h14-16,19H,5-12H2,1-4H3. The van der Waals surface area contributed by atoms with Gasteiger partial charge in [-0.3, -0.25) is 5.32 Å². The van der Waals surface area contributed by atoms with E-state index in [9.17, 15) is 5.26 Å². The molecule has 3 nitrogen and oxygen atoms in total. The molecule has 20 heavy (non-hydrogen) atoms. The van der Waals surface area contributed by atoms with Crippen LogP contribution in [0.15, 0.2) is 0 Å². The largest absolute Gasteiger partial charge is 0.378 e. The van der Waals surface area contributed by atoms with Crippen molar-refractivity contribution < 1.29 is 4.74 Å². The van der Waals surface area contributed by atoms with Crippen LogP contribution in [0.1, 0.15) is 66.2 Å². The second-order valence-corrected chi connectivity index (χ2v) is 6.84. The van der Waals surface area contributed by atoms with Crippen molar-refractivity contribution in [1.82, 2.24) is 5.32 Å². The van der Waals surface area contributed by atoms with Gasteiger partial charge in [-0.1, -0.05) is 20.8 Å². The number of unbranched alkanes of at least 4 members (excludes halogenated alkanes) is 1. The zero-order chi connectivity index (χ0) is 15.0. The number of nitrogens with one attached hydrogen (secondary N) is 1. The number of nitriles is 1. The molecule has 0 saturated heterocycles. The summed E-state index contributed by atoms with van der Waals surface area (Å²) in [7, 11) is 0. The average molecular weight is 280 g/mol. The third kappa shape index (κ3) is 6.24. The molecule has 0 aliphatic heterocycles. The van der Waals surface area contributed by atoms with Crippen LogP contribution in [0.4, 0.5) is 0 Å². The summed E-state index contributed by atoms with van der Waals surface area (Å²) in [5.41, 5.74) is -0.372. The van der Waals surface area contributed by atoms with E-state index in [1.165, 1.54) is 19.3 Å². The van der Waals surface area contributed by atoms with Gasteiger partial charge < -0.3 is 4.74 Å². The molecule has 0 aromatic heterocycles. The van der Waals surface area contributed by atoms with E-state index in [1.807, 2.05) is 13.8 Å². The molecule has 0 radical (unpaired) electrons. The van der Waals surface area contributed by atoms with Crippen LogP contribution in [0.5, 0.6) is 0 Å². The second-order valence-electron chi connectivity index (χ2n) is 6.84. The van der Waals surface area contributed by atoms with Crippen molar-refractivity contribution in [2.75, 3.05) is 13.2 Å². The molecule has 1 fully saturated rings. The van der Waals surface area contributed by atoms with Gasteiger partial charge in [0.25, 0.3) is 0 Å². The summed E-state index contributed by atoms with van der Waals surface area (Å²) in [5, 5.41) is 12.4. The lowest BCUT2D eigenvalue weighted by molar-refractivity contribution is -0.000873. The molecule has 0 aromatic carbocycles. The van der Waals surface area contributed by atoms with Gasteiger partial charge >= 0.3 is 0 Å². The van der Waals surface area contributed by atoms with Crippen molar-refractivity contribution >= 4 is 0 Å².